The van der Waals surface area contributed by atoms with E-state index < -0.39 is 11.7 Å². The fourth-order valence-corrected chi connectivity index (χ4v) is 7.73. The van der Waals surface area contributed by atoms with Crippen molar-refractivity contribution >= 4 is 17.9 Å². The van der Waals surface area contributed by atoms with Crippen LogP contribution in [0.3, 0.4) is 0 Å². The molecule has 2 aromatic rings. The van der Waals surface area contributed by atoms with E-state index in [1.54, 1.807) is 0 Å². The van der Waals surface area contributed by atoms with Crippen molar-refractivity contribution in [3.63, 3.8) is 0 Å². The number of benzene rings is 2. The molecule has 4 aliphatic carbocycles. The van der Waals surface area contributed by atoms with Crippen LogP contribution >= 0.6 is 0 Å². The Labute approximate surface area is 188 Å². The van der Waals surface area contributed by atoms with E-state index in [2.05, 4.69) is 18.2 Å². The van der Waals surface area contributed by atoms with Crippen molar-refractivity contribution in [3.8, 4) is 0 Å². The van der Waals surface area contributed by atoms with E-state index in [9.17, 15) is 9.59 Å². The Morgan fingerprint density at radius 1 is 0.844 bits per heavy atom. The Morgan fingerprint density at radius 2 is 1.50 bits per heavy atom. The number of ether oxygens (including phenoxy) is 1. The van der Waals surface area contributed by atoms with Crippen molar-refractivity contribution in [2.75, 3.05) is 0 Å². The van der Waals surface area contributed by atoms with E-state index >= 15 is 0 Å². The molecule has 4 bridgehead atoms. The molecule has 1 spiro atoms. The largest absolute Gasteiger partial charge is 0.352 e. The number of likely N-dealkylation sites (tertiary alicyclic amines) is 1. The van der Waals surface area contributed by atoms with E-state index in [0.717, 1.165) is 23.0 Å². The van der Waals surface area contributed by atoms with Crippen LogP contribution in [0.5, 0.6) is 0 Å². The Kier molecular flexibility index (Phi) is 3.91. The first-order valence-electron chi connectivity index (χ1n) is 12.0. The number of imide groups is 1. The summed E-state index contributed by atoms with van der Waals surface area (Å²) in [6.07, 6.45) is 7.23. The van der Waals surface area contributed by atoms with Crippen molar-refractivity contribution in [1.82, 2.24) is 4.90 Å². The minimum Gasteiger partial charge on any atom is -0.352 e. The van der Waals surface area contributed by atoms with Crippen LogP contribution in [0.25, 0.3) is 6.08 Å². The standard InChI is InChI=1S/C28H27NO3/c30-26-23-15-20-8-4-5-9-24(20)28(21-11-18-10-19(13-21)14-22(28)12-18)32-25(23)27(31)29(26)16-17-6-2-1-3-7-17/h1-9,15,18-19,21-22,25H,10-14,16H2. The molecule has 0 N–H and O–H groups in total. The van der Waals surface area contributed by atoms with Gasteiger partial charge in [-0.3, -0.25) is 14.5 Å². The minimum absolute atomic E-state index is 0.203. The highest BCUT2D eigenvalue weighted by Gasteiger charge is 2.62. The van der Waals surface area contributed by atoms with E-state index in [1.807, 2.05) is 42.5 Å². The van der Waals surface area contributed by atoms with Gasteiger partial charge in [0.05, 0.1) is 12.1 Å². The molecule has 8 rings (SSSR count). The molecule has 2 aliphatic heterocycles. The highest BCUT2D eigenvalue weighted by molar-refractivity contribution is 6.18. The highest BCUT2D eigenvalue weighted by Crippen LogP contribution is 2.65. The SMILES string of the molecule is O=C1C2=Cc3ccccc3C3(OC2C(=O)N1Cc1ccccc1)C1CC2CC(C1)CC3C2. The molecule has 0 radical (unpaired) electrons. The normalized spacial score (nSPS) is 36.8. The molecule has 4 saturated carbocycles. The molecule has 162 valence electrons. The average Bonchev–Trinajstić information content (AvgIpc) is 2.94. The number of hydrogen-bond donors (Lipinski definition) is 0. The van der Waals surface area contributed by atoms with Crippen LogP contribution in [0.2, 0.25) is 0 Å². The second-order valence-electron chi connectivity index (χ2n) is 10.5. The fraction of sp³-hybridized carbons (Fsp3) is 0.429. The first kappa shape index (κ1) is 18.8. The number of fused-ring (bicyclic) bond motifs is 2. The Bertz CT molecular complexity index is 1120. The second-order valence-corrected chi connectivity index (χ2v) is 10.5. The van der Waals surface area contributed by atoms with E-state index in [-0.39, 0.29) is 11.8 Å². The summed E-state index contributed by atoms with van der Waals surface area (Å²) in [4.78, 5) is 28.5. The number of hydrogen-bond acceptors (Lipinski definition) is 3. The molecule has 6 aliphatic rings. The van der Waals surface area contributed by atoms with Crippen LogP contribution < -0.4 is 0 Å². The van der Waals surface area contributed by atoms with Gasteiger partial charge in [0, 0.05) is 0 Å². The zero-order chi connectivity index (χ0) is 21.4. The number of amides is 2. The highest BCUT2D eigenvalue weighted by atomic mass is 16.5. The van der Waals surface area contributed by atoms with Crippen molar-refractivity contribution < 1.29 is 14.3 Å². The predicted molar refractivity (Wildman–Crippen MR) is 120 cm³/mol. The van der Waals surface area contributed by atoms with Crippen molar-refractivity contribution in [2.45, 2.75) is 50.4 Å². The third-order valence-electron chi connectivity index (χ3n) is 8.81. The average molecular weight is 426 g/mol. The second kappa shape index (κ2) is 6.64. The van der Waals surface area contributed by atoms with Crippen LogP contribution in [-0.4, -0.2) is 22.8 Å². The fourth-order valence-electron chi connectivity index (χ4n) is 7.73. The molecular weight excluding hydrogens is 398 g/mol. The van der Waals surface area contributed by atoms with Crippen molar-refractivity contribution in [3.05, 3.63) is 76.9 Å². The zero-order valence-electron chi connectivity index (χ0n) is 18.1. The van der Waals surface area contributed by atoms with Gasteiger partial charge in [0.25, 0.3) is 11.8 Å². The summed E-state index contributed by atoms with van der Waals surface area (Å²) in [6, 6.07) is 18.1. The van der Waals surface area contributed by atoms with E-state index in [0.29, 0.717) is 24.0 Å². The molecule has 1 saturated heterocycles. The molecule has 32 heavy (non-hydrogen) atoms. The van der Waals surface area contributed by atoms with Crippen molar-refractivity contribution in [2.24, 2.45) is 23.7 Å². The molecule has 5 fully saturated rings. The van der Waals surface area contributed by atoms with Gasteiger partial charge < -0.3 is 4.74 Å². The Balaban J connectivity index is 1.34. The number of nitrogens with zero attached hydrogens (tertiary/aromatic N) is 1. The molecule has 2 heterocycles. The zero-order valence-corrected chi connectivity index (χ0v) is 18.1. The molecule has 1 unspecified atom stereocenters. The summed E-state index contributed by atoms with van der Waals surface area (Å²) in [5.41, 5.74) is 3.26. The van der Waals surface area contributed by atoms with Gasteiger partial charge >= 0.3 is 0 Å². The Hall–Kier alpha value is -2.72. The van der Waals surface area contributed by atoms with E-state index in [4.69, 9.17) is 4.74 Å². The lowest BCUT2D eigenvalue weighted by Gasteiger charge is -2.61. The summed E-state index contributed by atoms with van der Waals surface area (Å²) in [7, 11) is 0. The molecule has 0 aromatic heterocycles. The summed E-state index contributed by atoms with van der Waals surface area (Å²) in [5, 5.41) is 0. The molecule has 4 nitrogen and oxygen atoms in total. The Morgan fingerprint density at radius 3 is 2.22 bits per heavy atom. The summed E-state index contributed by atoms with van der Waals surface area (Å²) in [6.45, 7) is 0.293. The molecule has 4 heteroatoms. The van der Waals surface area contributed by atoms with Crippen LogP contribution in [0.1, 0.15) is 48.8 Å². The molecular formula is C28H27NO3. The van der Waals surface area contributed by atoms with Gasteiger partial charge in [0.2, 0.25) is 0 Å². The van der Waals surface area contributed by atoms with Gasteiger partial charge in [-0.2, -0.15) is 0 Å². The third kappa shape index (κ3) is 2.47. The molecule has 1 atom stereocenters. The minimum atomic E-state index is -0.795. The van der Waals surface area contributed by atoms with Crippen LogP contribution in [0.15, 0.2) is 60.2 Å². The smallest absolute Gasteiger partial charge is 0.263 e. The quantitative estimate of drug-likeness (QED) is 0.656. The lowest BCUT2D eigenvalue weighted by molar-refractivity contribution is -0.225. The maximum Gasteiger partial charge on any atom is 0.263 e. The van der Waals surface area contributed by atoms with Gasteiger partial charge in [0.15, 0.2) is 6.10 Å². The first-order valence-corrected chi connectivity index (χ1v) is 12.0. The number of carbonyl (C=O) groups excluding carboxylic acids is 2. The maximum absolute atomic E-state index is 13.6. The topological polar surface area (TPSA) is 46.6 Å². The van der Waals surface area contributed by atoms with E-state index in [1.165, 1.54) is 42.6 Å². The summed E-state index contributed by atoms with van der Waals surface area (Å²) in [5.74, 6) is 2.04. The number of rotatable bonds is 2. The first-order chi connectivity index (χ1) is 15.6. The van der Waals surface area contributed by atoms with Gasteiger partial charge in [-0.1, -0.05) is 54.6 Å². The number of carbonyl (C=O) groups is 2. The lowest BCUT2D eigenvalue weighted by Crippen LogP contribution is -2.58. The van der Waals surface area contributed by atoms with Crippen LogP contribution in [0.4, 0.5) is 0 Å². The maximum atomic E-state index is 13.6. The summed E-state index contributed by atoms with van der Waals surface area (Å²) >= 11 is 0. The predicted octanol–water partition coefficient (Wildman–Crippen LogP) is 4.69. The van der Waals surface area contributed by atoms with Crippen LogP contribution in [-0.2, 0) is 26.5 Å². The van der Waals surface area contributed by atoms with Gasteiger partial charge in [-0.15, -0.1) is 0 Å². The van der Waals surface area contributed by atoms with Crippen molar-refractivity contribution in [1.29, 1.82) is 0 Å². The van der Waals surface area contributed by atoms with Gasteiger partial charge in [-0.25, -0.2) is 0 Å². The molecule has 2 amide bonds. The van der Waals surface area contributed by atoms with Gasteiger partial charge in [-0.05, 0) is 78.5 Å². The van der Waals surface area contributed by atoms with Gasteiger partial charge in [0.1, 0.15) is 5.60 Å². The monoisotopic (exact) mass is 425 g/mol. The van der Waals surface area contributed by atoms with Crippen LogP contribution in [0, 0.1) is 23.7 Å². The lowest BCUT2D eigenvalue weighted by atomic mass is 9.48. The molecule has 2 aromatic carbocycles. The third-order valence-corrected chi connectivity index (χ3v) is 8.81. The summed E-state index contributed by atoms with van der Waals surface area (Å²) < 4.78 is 7.00.